The van der Waals surface area contributed by atoms with Crippen molar-refractivity contribution >= 4 is 16.9 Å². The minimum Gasteiger partial charge on any atom is -0.486 e. The molecular formula is C30H31N3O4. The van der Waals surface area contributed by atoms with Crippen LogP contribution in [-0.2, 0) is 17.9 Å². The normalized spacial score (nSPS) is 19.6. The average molecular weight is 498 g/mol. The first-order valence-electron chi connectivity index (χ1n) is 13.0. The first kappa shape index (κ1) is 23.4. The van der Waals surface area contributed by atoms with Crippen molar-refractivity contribution in [2.75, 3.05) is 13.1 Å². The Labute approximate surface area is 216 Å². The number of fused-ring (bicyclic) bond motifs is 2. The molecule has 0 radical (unpaired) electrons. The van der Waals surface area contributed by atoms with Gasteiger partial charge in [0.25, 0.3) is 5.91 Å². The van der Waals surface area contributed by atoms with Crippen LogP contribution in [-0.4, -0.2) is 45.7 Å². The van der Waals surface area contributed by atoms with Gasteiger partial charge in [0.15, 0.2) is 11.5 Å². The van der Waals surface area contributed by atoms with Crippen molar-refractivity contribution in [1.29, 1.82) is 0 Å². The van der Waals surface area contributed by atoms with Crippen LogP contribution in [0.25, 0.3) is 11.0 Å². The van der Waals surface area contributed by atoms with E-state index in [1.807, 2.05) is 78.6 Å². The Morgan fingerprint density at radius 1 is 0.919 bits per heavy atom. The first-order chi connectivity index (χ1) is 18.2. The van der Waals surface area contributed by atoms with Gasteiger partial charge in [-0.3, -0.25) is 4.79 Å². The van der Waals surface area contributed by atoms with Crippen molar-refractivity contribution in [1.82, 2.24) is 14.5 Å². The summed E-state index contributed by atoms with van der Waals surface area (Å²) in [6.07, 6.45) is 0.904. The zero-order valence-electron chi connectivity index (χ0n) is 21.0. The molecule has 0 saturated carbocycles. The second kappa shape index (κ2) is 10.2. The lowest BCUT2D eigenvalue weighted by atomic mass is 9.95. The van der Waals surface area contributed by atoms with Crippen LogP contribution in [0.5, 0.6) is 17.2 Å². The molecule has 1 fully saturated rings. The molecule has 3 heterocycles. The molecule has 37 heavy (non-hydrogen) atoms. The van der Waals surface area contributed by atoms with E-state index >= 15 is 0 Å². The molecule has 0 bridgehead atoms. The molecule has 2 aliphatic rings. The average Bonchev–Trinajstić information content (AvgIpc) is 3.29. The third-order valence-corrected chi connectivity index (χ3v) is 7.30. The Bertz CT molecular complexity index is 1380. The van der Waals surface area contributed by atoms with Crippen molar-refractivity contribution in [3.63, 3.8) is 0 Å². The Kier molecular flexibility index (Phi) is 6.43. The maximum atomic E-state index is 13.3. The molecule has 2 atom stereocenters. The SMILES string of the molecule is CC1Oc2ccccc2OC1C(=O)N1CCC(Cn2c(COc3ccccc3)nc3ccccc32)CC1. The molecule has 7 nitrogen and oxygen atoms in total. The number of rotatable bonds is 6. The highest BCUT2D eigenvalue weighted by molar-refractivity contribution is 5.82. The molecule has 1 aromatic heterocycles. The van der Waals surface area contributed by atoms with Gasteiger partial charge in [0, 0.05) is 19.6 Å². The number of hydrogen-bond acceptors (Lipinski definition) is 5. The lowest BCUT2D eigenvalue weighted by Crippen LogP contribution is -2.52. The van der Waals surface area contributed by atoms with E-state index in [9.17, 15) is 4.79 Å². The van der Waals surface area contributed by atoms with E-state index in [1.54, 1.807) is 0 Å². The number of nitrogens with zero attached hydrogens (tertiary/aromatic N) is 3. The standard InChI is InChI=1S/C30H31N3O4/c1-21-29(37-27-14-8-7-13-26(27)36-21)30(34)32-17-15-22(16-18-32)19-33-25-12-6-5-11-24(25)31-28(33)20-35-23-9-3-2-4-10-23/h2-14,21-22,29H,15-20H2,1H3. The molecule has 0 N–H and O–H groups in total. The number of benzene rings is 3. The van der Waals surface area contributed by atoms with Crippen LogP contribution in [0.4, 0.5) is 0 Å². The van der Waals surface area contributed by atoms with Crippen LogP contribution in [0.2, 0.25) is 0 Å². The van der Waals surface area contributed by atoms with Gasteiger partial charge in [-0.15, -0.1) is 0 Å². The van der Waals surface area contributed by atoms with Gasteiger partial charge in [-0.05, 0) is 62.1 Å². The molecule has 7 heteroatoms. The summed E-state index contributed by atoms with van der Waals surface area (Å²) in [5.74, 6) is 3.52. The lowest BCUT2D eigenvalue weighted by Gasteiger charge is -2.37. The van der Waals surface area contributed by atoms with Crippen LogP contribution < -0.4 is 14.2 Å². The van der Waals surface area contributed by atoms with Gasteiger partial charge in [-0.1, -0.05) is 42.5 Å². The van der Waals surface area contributed by atoms with Gasteiger partial charge in [-0.25, -0.2) is 4.98 Å². The van der Waals surface area contributed by atoms with Gasteiger partial charge in [0.1, 0.15) is 24.3 Å². The van der Waals surface area contributed by atoms with E-state index in [2.05, 4.69) is 16.7 Å². The molecule has 6 rings (SSSR count). The highest BCUT2D eigenvalue weighted by Crippen LogP contribution is 2.34. The zero-order chi connectivity index (χ0) is 25.2. The number of piperidine rings is 1. The summed E-state index contributed by atoms with van der Waals surface area (Å²) in [6, 6.07) is 25.6. The van der Waals surface area contributed by atoms with Crippen molar-refractivity contribution in [2.45, 2.75) is 45.1 Å². The molecule has 2 unspecified atom stereocenters. The Morgan fingerprint density at radius 3 is 2.38 bits per heavy atom. The highest BCUT2D eigenvalue weighted by Gasteiger charge is 2.38. The summed E-state index contributed by atoms with van der Waals surface area (Å²) in [5.41, 5.74) is 2.10. The quantitative estimate of drug-likeness (QED) is 0.372. The molecule has 0 aliphatic carbocycles. The van der Waals surface area contributed by atoms with Gasteiger partial charge in [-0.2, -0.15) is 0 Å². The summed E-state index contributed by atoms with van der Waals surface area (Å²) >= 11 is 0. The number of imidazole rings is 1. The molecule has 4 aromatic rings. The fourth-order valence-electron chi connectivity index (χ4n) is 5.27. The number of hydrogen-bond donors (Lipinski definition) is 0. The summed E-state index contributed by atoms with van der Waals surface area (Å²) in [7, 11) is 0. The fourth-order valence-corrected chi connectivity index (χ4v) is 5.27. The van der Waals surface area contributed by atoms with Crippen LogP contribution in [0.3, 0.4) is 0 Å². The predicted molar refractivity (Wildman–Crippen MR) is 141 cm³/mol. The summed E-state index contributed by atoms with van der Waals surface area (Å²) in [4.78, 5) is 20.1. The number of aromatic nitrogens is 2. The maximum absolute atomic E-state index is 13.3. The monoisotopic (exact) mass is 497 g/mol. The number of amides is 1. The molecule has 0 spiro atoms. The van der Waals surface area contributed by atoms with Crippen molar-refractivity contribution in [3.8, 4) is 17.2 Å². The largest absolute Gasteiger partial charge is 0.486 e. The van der Waals surface area contributed by atoms with E-state index < -0.39 is 6.10 Å². The molecule has 2 aliphatic heterocycles. The van der Waals surface area contributed by atoms with E-state index in [-0.39, 0.29) is 12.0 Å². The number of carbonyl (C=O) groups is 1. The smallest absolute Gasteiger partial charge is 0.267 e. The predicted octanol–water partition coefficient (Wildman–Crippen LogP) is 5.08. The van der Waals surface area contributed by atoms with Crippen LogP contribution in [0.1, 0.15) is 25.6 Å². The third kappa shape index (κ3) is 4.86. The van der Waals surface area contributed by atoms with Gasteiger partial charge >= 0.3 is 0 Å². The van der Waals surface area contributed by atoms with Crippen LogP contribution in [0, 0.1) is 5.92 Å². The first-order valence-corrected chi connectivity index (χ1v) is 13.0. The van der Waals surface area contributed by atoms with Crippen LogP contribution in [0.15, 0.2) is 78.9 Å². The summed E-state index contributed by atoms with van der Waals surface area (Å²) in [5, 5.41) is 0. The topological polar surface area (TPSA) is 65.8 Å². The Hall–Kier alpha value is -4.00. The van der Waals surface area contributed by atoms with Crippen LogP contribution >= 0.6 is 0 Å². The highest BCUT2D eigenvalue weighted by atomic mass is 16.6. The second-order valence-corrected chi connectivity index (χ2v) is 9.81. The number of para-hydroxylation sites is 5. The van der Waals surface area contributed by atoms with Crippen molar-refractivity contribution < 1.29 is 19.0 Å². The third-order valence-electron chi connectivity index (χ3n) is 7.30. The van der Waals surface area contributed by atoms with Gasteiger partial charge in [0.2, 0.25) is 6.10 Å². The molecule has 3 aromatic carbocycles. The fraction of sp³-hybridized carbons (Fsp3) is 0.333. The number of ether oxygens (including phenoxy) is 3. The minimum absolute atomic E-state index is 0.00508. The van der Waals surface area contributed by atoms with Gasteiger partial charge in [0.05, 0.1) is 11.0 Å². The number of likely N-dealkylation sites (tertiary alicyclic amines) is 1. The van der Waals surface area contributed by atoms with E-state index in [0.29, 0.717) is 37.1 Å². The van der Waals surface area contributed by atoms with E-state index in [1.165, 1.54) is 0 Å². The second-order valence-electron chi connectivity index (χ2n) is 9.81. The Balaban J connectivity index is 1.11. The molecule has 1 amide bonds. The lowest BCUT2D eigenvalue weighted by molar-refractivity contribution is -0.145. The Morgan fingerprint density at radius 2 is 1.59 bits per heavy atom. The molecule has 190 valence electrons. The van der Waals surface area contributed by atoms with Gasteiger partial charge < -0.3 is 23.7 Å². The van der Waals surface area contributed by atoms with E-state index in [4.69, 9.17) is 19.2 Å². The van der Waals surface area contributed by atoms with Crippen molar-refractivity contribution in [3.05, 3.63) is 84.7 Å². The van der Waals surface area contributed by atoms with E-state index in [0.717, 1.165) is 42.0 Å². The maximum Gasteiger partial charge on any atom is 0.267 e. The summed E-state index contributed by atoms with van der Waals surface area (Å²) < 4.78 is 20.3. The summed E-state index contributed by atoms with van der Waals surface area (Å²) in [6.45, 7) is 4.58. The molecule has 1 saturated heterocycles. The minimum atomic E-state index is -0.620. The zero-order valence-corrected chi connectivity index (χ0v) is 21.0. The molecular weight excluding hydrogens is 466 g/mol. The van der Waals surface area contributed by atoms with Crippen molar-refractivity contribution in [2.24, 2.45) is 5.92 Å². The number of carbonyl (C=O) groups excluding carboxylic acids is 1.